The highest BCUT2D eigenvalue weighted by Gasteiger charge is 2.22. The van der Waals surface area contributed by atoms with Crippen molar-refractivity contribution in [2.24, 2.45) is 5.92 Å². The van der Waals surface area contributed by atoms with Gasteiger partial charge in [0.1, 0.15) is 0 Å². The Morgan fingerprint density at radius 1 is 0.500 bits per heavy atom. The monoisotopic (exact) mass is 588 g/mol. The topological polar surface area (TPSA) is 27.7 Å². The van der Waals surface area contributed by atoms with Crippen molar-refractivity contribution in [2.45, 2.75) is 26.7 Å². The second-order valence-electron chi connectivity index (χ2n) is 9.62. The lowest BCUT2D eigenvalue weighted by molar-refractivity contribution is 0.0863. The molecule has 4 aromatic rings. The minimum Gasteiger partial charge on any atom is -0.376 e. The van der Waals surface area contributed by atoms with E-state index in [-0.39, 0.29) is 0 Å². The van der Waals surface area contributed by atoms with Gasteiger partial charge >= 0.3 is 9.53 Å². The Morgan fingerprint density at radius 2 is 0.825 bits per heavy atom. The lowest BCUT2D eigenvalue weighted by atomic mass is 10.1. The van der Waals surface area contributed by atoms with Crippen molar-refractivity contribution >= 4 is 46.6 Å². The van der Waals surface area contributed by atoms with Gasteiger partial charge in [-0.15, -0.1) is 0 Å². The summed E-state index contributed by atoms with van der Waals surface area (Å²) in [4.78, 5) is 0. The van der Waals surface area contributed by atoms with Crippen LogP contribution in [0, 0.1) is 5.92 Å². The molecule has 0 N–H and O–H groups in total. The van der Waals surface area contributed by atoms with Crippen LogP contribution in [-0.2, 0) is 13.3 Å². The van der Waals surface area contributed by atoms with E-state index in [9.17, 15) is 0 Å². The Hall–Kier alpha value is -2.16. The van der Waals surface area contributed by atoms with Crippen LogP contribution in [0.1, 0.15) is 26.7 Å². The smallest absolute Gasteiger partial charge is 0.376 e. The summed E-state index contributed by atoms with van der Waals surface area (Å²) in [6, 6.07) is 44.1. The van der Waals surface area contributed by atoms with E-state index in [4.69, 9.17) is 13.3 Å². The molecule has 210 valence electrons. The molecule has 40 heavy (non-hydrogen) atoms. The first-order valence-electron chi connectivity index (χ1n) is 14.4. The standard InChI is InChI=1S/C34H42O3P2Si/c1-3-35-40(36-4-2)37-29-30(25-27-38(31-17-9-5-10-18-31)32-19-11-6-12-20-32)26-28-39(33-21-13-7-14-22-33)34-23-15-8-16-24-34/h5-24,30,40H,3-4,25-29H2,1-2H3. The fraction of sp³-hybridized carbons (Fsp3) is 0.294. The molecule has 0 fully saturated rings. The molecule has 0 heterocycles. The maximum absolute atomic E-state index is 6.38. The molecule has 0 unspecified atom stereocenters. The van der Waals surface area contributed by atoms with Gasteiger partial charge in [-0.1, -0.05) is 121 Å². The van der Waals surface area contributed by atoms with Crippen LogP contribution in [0.5, 0.6) is 0 Å². The Labute approximate surface area is 245 Å². The molecule has 0 radical (unpaired) electrons. The van der Waals surface area contributed by atoms with Gasteiger partial charge in [0.25, 0.3) is 0 Å². The third-order valence-corrected chi connectivity index (χ3v) is 13.6. The van der Waals surface area contributed by atoms with E-state index in [0.717, 1.165) is 25.2 Å². The van der Waals surface area contributed by atoms with Gasteiger partial charge in [-0.2, -0.15) is 0 Å². The van der Waals surface area contributed by atoms with Crippen molar-refractivity contribution in [3.05, 3.63) is 121 Å². The number of hydrogen-bond donors (Lipinski definition) is 0. The van der Waals surface area contributed by atoms with Crippen LogP contribution in [-0.4, -0.2) is 41.7 Å². The van der Waals surface area contributed by atoms with Crippen LogP contribution in [0.4, 0.5) is 0 Å². The van der Waals surface area contributed by atoms with Crippen molar-refractivity contribution in [3.63, 3.8) is 0 Å². The molecule has 0 saturated heterocycles. The summed E-state index contributed by atoms with van der Waals surface area (Å²) in [7, 11) is -2.99. The van der Waals surface area contributed by atoms with E-state index >= 15 is 0 Å². The second-order valence-corrected chi connectivity index (χ2v) is 15.9. The van der Waals surface area contributed by atoms with E-state index in [1.807, 2.05) is 13.8 Å². The first kappa shape index (κ1) is 30.8. The fourth-order valence-corrected chi connectivity index (χ4v) is 11.1. The molecule has 4 aromatic carbocycles. The zero-order chi connectivity index (χ0) is 27.8. The van der Waals surface area contributed by atoms with Crippen molar-refractivity contribution in [3.8, 4) is 0 Å². The highest BCUT2D eigenvalue weighted by Crippen LogP contribution is 2.39. The van der Waals surface area contributed by atoms with Crippen LogP contribution >= 0.6 is 15.8 Å². The van der Waals surface area contributed by atoms with Crippen molar-refractivity contribution in [2.75, 3.05) is 32.1 Å². The molecule has 0 aromatic heterocycles. The van der Waals surface area contributed by atoms with Gasteiger partial charge in [0, 0.05) is 19.8 Å². The molecular weight excluding hydrogens is 546 g/mol. The summed E-state index contributed by atoms with van der Waals surface area (Å²) >= 11 is 0. The quantitative estimate of drug-likeness (QED) is 0.105. The summed E-state index contributed by atoms with van der Waals surface area (Å²) in [5, 5.41) is 5.76. The number of hydrogen-bond acceptors (Lipinski definition) is 3. The molecule has 0 atom stereocenters. The summed E-state index contributed by atoms with van der Waals surface area (Å²) in [6.07, 6.45) is 4.51. The molecule has 0 aliphatic carbocycles. The predicted octanol–water partition coefficient (Wildman–Crippen LogP) is 6.46. The summed E-state index contributed by atoms with van der Waals surface area (Å²) in [5.74, 6) is 0.436. The van der Waals surface area contributed by atoms with E-state index in [1.165, 1.54) is 21.2 Å². The zero-order valence-electron chi connectivity index (χ0n) is 23.8. The molecule has 4 rings (SSSR count). The maximum Gasteiger partial charge on any atom is 0.484 e. The van der Waals surface area contributed by atoms with Gasteiger partial charge in [0.05, 0.1) is 0 Å². The lowest BCUT2D eigenvalue weighted by Crippen LogP contribution is -2.30. The average Bonchev–Trinajstić information content (AvgIpc) is 3.02. The highest BCUT2D eigenvalue weighted by atomic mass is 31.1. The molecule has 0 bridgehead atoms. The summed E-state index contributed by atoms with van der Waals surface area (Å²) < 4.78 is 18.1. The average molecular weight is 589 g/mol. The van der Waals surface area contributed by atoms with Crippen LogP contribution in [0.25, 0.3) is 0 Å². The van der Waals surface area contributed by atoms with Crippen molar-refractivity contribution in [1.29, 1.82) is 0 Å². The minimum absolute atomic E-state index is 0.436. The van der Waals surface area contributed by atoms with Crippen LogP contribution in [0.15, 0.2) is 121 Å². The van der Waals surface area contributed by atoms with Gasteiger partial charge in [-0.05, 0) is 82.0 Å². The predicted molar refractivity (Wildman–Crippen MR) is 177 cm³/mol. The van der Waals surface area contributed by atoms with Crippen LogP contribution in [0.3, 0.4) is 0 Å². The van der Waals surface area contributed by atoms with Gasteiger partial charge in [-0.25, -0.2) is 0 Å². The Balaban J connectivity index is 1.53. The third-order valence-electron chi connectivity index (χ3n) is 6.87. The third kappa shape index (κ3) is 9.74. The van der Waals surface area contributed by atoms with Crippen LogP contribution in [0.2, 0.25) is 0 Å². The van der Waals surface area contributed by atoms with Gasteiger partial charge in [0.15, 0.2) is 0 Å². The zero-order valence-corrected chi connectivity index (χ0v) is 26.7. The molecular formula is C34H42O3P2Si. The number of rotatable bonds is 17. The molecule has 0 aliphatic rings. The first-order valence-corrected chi connectivity index (χ1v) is 18.8. The first-order chi connectivity index (χ1) is 19.8. The molecule has 0 saturated carbocycles. The normalized spacial score (nSPS) is 11.7. The van der Waals surface area contributed by atoms with E-state index in [0.29, 0.717) is 25.7 Å². The Morgan fingerprint density at radius 3 is 1.12 bits per heavy atom. The van der Waals surface area contributed by atoms with Gasteiger partial charge in [-0.3, -0.25) is 0 Å². The lowest BCUT2D eigenvalue weighted by Gasteiger charge is -2.26. The Bertz CT molecular complexity index is 1030. The largest absolute Gasteiger partial charge is 0.484 e. The summed E-state index contributed by atoms with van der Waals surface area (Å²) in [5.41, 5.74) is 0. The van der Waals surface area contributed by atoms with Gasteiger partial charge < -0.3 is 13.3 Å². The van der Waals surface area contributed by atoms with E-state index < -0.39 is 25.4 Å². The van der Waals surface area contributed by atoms with E-state index in [1.54, 1.807) is 0 Å². The molecule has 6 heteroatoms. The molecule has 0 spiro atoms. The SMILES string of the molecule is CCO[SiH](OCC)OCC(CCP(c1ccccc1)c1ccccc1)CCP(c1ccccc1)c1ccccc1. The van der Waals surface area contributed by atoms with E-state index in [2.05, 4.69) is 121 Å². The Kier molecular flexibility index (Phi) is 13.6. The maximum atomic E-state index is 6.38. The van der Waals surface area contributed by atoms with Crippen molar-refractivity contribution in [1.82, 2.24) is 0 Å². The van der Waals surface area contributed by atoms with Gasteiger partial charge in [0.2, 0.25) is 0 Å². The minimum atomic E-state index is -2.12. The molecule has 3 nitrogen and oxygen atoms in total. The summed E-state index contributed by atoms with van der Waals surface area (Å²) in [6.45, 7) is 5.97. The molecule has 0 aliphatic heterocycles. The fourth-order valence-electron chi connectivity index (χ4n) is 4.81. The second kappa shape index (κ2) is 17.6. The molecule has 0 amide bonds. The highest BCUT2D eigenvalue weighted by molar-refractivity contribution is 7.73. The van der Waals surface area contributed by atoms with Crippen LogP contribution < -0.4 is 21.2 Å². The van der Waals surface area contributed by atoms with Crippen molar-refractivity contribution < 1.29 is 13.3 Å². The number of benzene rings is 4.